The maximum atomic E-state index is 13.4. The van der Waals surface area contributed by atoms with Gasteiger partial charge in [-0.3, -0.25) is 9.80 Å². The van der Waals surface area contributed by atoms with Gasteiger partial charge in [-0.2, -0.15) is 31.4 Å². The van der Waals surface area contributed by atoms with E-state index in [4.69, 9.17) is 0 Å². The van der Waals surface area contributed by atoms with Gasteiger partial charge in [0, 0.05) is 19.0 Å². The predicted octanol–water partition coefficient (Wildman–Crippen LogP) is 3.09. The number of carbonyl (C=O) groups is 1. The Balaban J connectivity index is 1.94. The van der Waals surface area contributed by atoms with Gasteiger partial charge >= 0.3 is 12.4 Å². The molecule has 0 radical (unpaired) electrons. The highest BCUT2D eigenvalue weighted by Gasteiger charge is 2.43. The summed E-state index contributed by atoms with van der Waals surface area (Å²) in [5.74, 6) is -0.342. The van der Waals surface area contributed by atoms with E-state index >= 15 is 0 Å². The van der Waals surface area contributed by atoms with Crippen LogP contribution in [0.25, 0.3) is 0 Å². The van der Waals surface area contributed by atoms with Crippen molar-refractivity contribution in [3.63, 3.8) is 0 Å². The Morgan fingerprint density at radius 3 is 2.38 bits per heavy atom. The Bertz CT molecular complexity index is 783. The zero-order valence-electron chi connectivity index (χ0n) is 12.9. The van der Waals surface area contributed by atoms with Gasteiger partial charge in [0.05, 0.1) is 17.0 Å². The number of hydrazone groups is 1. The average molecular weight is 378 g/mol. The summed E-state index contributed by atoms with van der Waals surface area (Å²) in [5.41, 5.74) is 2.98. The van der Waals surface area contributed by atoms with Crippen LogP contribution in [0.5, 0.6) is 0 Å². The van der Waals surface area contributed by atoms with E-state index in [1.165, 1.54) is 6.07 Å². The molecule has 2 N–H and O–H groups in total. The molecule has 1 amide bonds. The molecule has 140 valence electrons. The van der Waals surface area contributed by atoms with Crippen LogP contribution < -0.4 is 15.9 Å². The van der Waals surface area contributed by atoms with E-state index in [0.29, 0.717) is 5.01 Å². The smallest absolute Gasteiger partial charge is 0.283 e. The number of amides is 1. The van der Waals surface area contributed by atoms with Gasteiger partial charge in [0.15, 0.2) is 0 Å². The molecule has 1 aromatic rings. The summed E-state index contributed by atoms with van der Waals surface area (Å²) < 4.78 is 78.4. The lowest BCUT2D eigenvalue weighted by Gasteiger charge is -2.25. The first-order chi connectivity index (χ1) is 12.1. The lowest BCUT2D eigenvalue weighted by atomic mass is 10.0. The quantitative estimate of drug-likeness (QED) is 0.778. The third kappa shape index (κ3) is 3.66. The molecule has 0 fully saturated rings. The molecule has 5 nitrogen and oxygen atoms in total. The lowest BCUT2D eigenvalue weighted by Crippen LogP contribution is -2.44. The number of benzene rings is 1. The van der Waals surface area contributed by atoms with Crippen LogP contribution in [0.4, 0.5) is 32.0 Å². The van der Waals surface area contributed by atoms with E-state index in [0.717, 1.165) is 24.4 Å². The second kappa shape index (κ2) is 6.31. The van der Waals surface area contributed by atoms with Gasteiger partial charge in [-0.25, -0.2) is 10.9 Å². The molecule has 3 rings (SSSR count). The molecule has 2 aliphatic rings. The number of hydrogen-bond acceptors (Lipinski definition) is 4. The molecule has 0 saturated carbocycles. The molecule has 1 unspecified atom stereocenters. The Labute approximate surface area is 143 Å². The molecule has 0 saturated heterocycles. The molecule has 1 aromatic carbocycles. The van der Waals surface area contributed by atoms with E-state index in [9.17, 15) is 31.1 Å². The third-order valence-electron chi connectivity index (χ3n) is 3.86. The van der Waals surface area contributed by atoms with Crippen molar-refractivity contribution in [3.05, 3.63) is 41.6 Å². The first kappa shape index (κ1) is 18.2. The van der Waals surface area contributed by atoms with Crippen molar-refractivity contribution in [2.75, 3.05) is 5.01 Å². The van der Waals surface area contributed by atoms with Crippen molar-refractivity contribution in [1.29, 1.82) is 0 Å². The predicted molar refractivity (Wildman–Crippen MR) is 80.0 cm³/mol. The fraction of sp³-hybridized carbons (Fsp3) is 0.333. The van der Waals surface area contributed by atoms with Gasteiger partial charge in [0.25, 0.3) is 0 Å². The normalized spacial score (nSPS) is 21.0. The number of halogens is 6. The highest BCUT2D eigenvalue weighted by molar-refractivity contribution is 6.04. The van der Waals surface area contributed by atoms with E-state index < -0.39 is 29.6 Å². The Hall–Kier alpha value is -2.56. The molecule has 1 atom stereocenters. The number of nitrogens with one attached hydrogen (secondary N) is 2. The number of rotatable bonds is 2. The second-order valence-electron chi connectivity index (χ2n) is 5.68. The highest BCUT2D eigenvalue weighted by Crippen LogP contribution is 2.38. The fourth-order valence-corrected chi connectivity index (χ4v) is 2.58. The van der Waals surface area contributed by atoms with Gasteiger partial charge in [-0.05, 0) is 23.8 Å². The van der Waals surface area contributed by atoms with Crippen LogP contribution in [0, 0.1) is 0 Å². The number of hydrazine groups is 1. The van der Waals surface area contributed by atoms with E-state index in [-0.39, 0.29) is 30.0 Å². The van der Waals surface area contributed by atoms with Crippen LogP contribution in [0.1, 0.15) is 24.0 Å². The summed E-state index contributed by atoms with van der Waals surface area (Å²) in [6, 6.07) is 1.12. The lowest BCUT2D eigenvalue weighted by molar-refractivity contribution is -0.143. The molecule has 0 bridgehead atoms. The molecule has 26 heavy (non-hydrogen) atoms. The molecular weight excluding hydrogens is 366 g/mol. The standard InChI is InChI=1S/C15H12F6N4O/c16-14(17,18)9-7-8(10-2-4-13(26)23-22-10)1-3-11(9)25-6-5-12(24-25)15(19,20)21/h1,3,5-7,12,24H,2,4H2,(H,23,26). The van der Waals surface area contributed by atoms with E-state index in [1.54, 1.807) is 0 Å². The number of nitrogens with zero attached hydrogens (tertiary/aromatic N) is 2. The first-order valence-corrected chi connectivity index (χ1v) is 7.43. The SMILES string of the molecule is O=C1CCC(c2ccc(N3C=CC(C(F)(F)F)N3)c(C(F)(F)F)c2)=NN1. The zero-order valence-corrected chi connectivity index (χ0v) is 12.9. The fourth-order valence-electron chi connectivity index (χ4n) is 2.58. The maximum absolute atomic E-state index is 13.4. The van der Waals surface area contributed by atoms with Crippen molar-refractivity contribution in [2.45, 2.75) is 31.2 Å². The first-order valence-electron chi connectivity index (χ1n) is 7.43. The Morgan fingerprint density at radius 2 is 1.85 bits per heavy atom. The average Bonchev–Trinajstić information content (AvgIpc) is 3.04. The summed E-state index contributed by atoms with van der Waals surface area (Å²) in [7, 11) is 0. The van der Waals surface area contributed by atoms with Crippen LogP contribution >= 0.6 is 0 Å². The van der Waals surface area contributed by atoms with Gasteiger partial charge in [0.2, 0.25) is 5.91 Å². The molecule has 2 aliphatic heterocycles. The van der Waals surface area contributed by atoms with Crippen molar-refractivity contribution in [3.8, 4) is 0 Å². The van der Waals surface area contributed by atoms with Crippen molar-refractivity contribution >= 4 is 17.3 Å². The van der Waals surface area contributed by atoms with Crippen LogP contribution in [0.3, 0.4) is 0 Å². The second-order valence-corrected chi connectivity index (χ2v) is 5.68. The summed E-state index contributed by atoms with van der Waals surface area (Å²) in [4.78, 5) is 11.1. The summed E-state index contributed by atoms with van der Waals surface area (Å²) >= 11 is 0. The van der Waals surface area contributed by atoms with Gasteiger partial charge in [-0.1, -0.05) is 6.07 Å². The summed E-state index contributed by atoms with van der Waals surface area (Å²) in [6.07, 6.45) is -7.53. The van der Waals surface area contributed by atoms with Gasteiger partial charge < -0.3 is 0 Å². The largest absolute Gasteiger partial charge is 0.418 e. The summed E-state index contributed by atoms with van der Waals surface area (Å²) in [6.45, 7) is 0. The number of carbonyl (C=O) groups excluding carboxylic acids is 1. The molecule has 0 spiro atoms. The molecule has 0 aromatic heterocycles. The maximum Gasteiger partial charge on any atom is 0.418 e. The van der Waals surface area contributed by atoms with Crippen LogP contribution in [0.15, 0.2) is 35.6 Å². The monoisotopic (exact) mass is 378 g/mol. The topological polar surface area (TPSA) is 56.7 Å². The van der Waals surface area contributed by atoms with Crippen LogP contribution in [-0.4, -0.2) is 23.8 Å². The van der Waals surface area contributed by atoms with Crippen molar-refractivity contribution < 1.29 is 31.1 Å². The van der Waals surface area contributed by atoms with Gasteiger partial charge in [0.1, 0.15) is 6.04 Å². The van der Waals surface area contributed by atoms with Crippen molar-refractivity contribution in [1.82, 2.24) is 10.9 Å². The van der Waals surface area contributed by atoms with E-state index in [2.05, 4.69) is 10.5 Å². The Kier molecular flexibility index (Phi) is 4.42. The minimum Gasteiger partial charge on any atom is -0.283 e. The number of anilines is 1. The van der Waals surface area contributed by atoms with E-state index in [1.807, 2.05) is 5.43 Å². The molecule has 0 aliphatic carbocycles. The minimum atomic E-state index is -4.80. The zero-order chi connectivity index (χ0) is 19.1. The van der Waals surface area contributed by atoms with Gasteiger partial charge in [-0.15, -0.1) is 0 Å². The van der Waals surface area contributed by atoms with Crippen LogP contribution in [-0.2, 0) is 11.0 Å². The minimum absolute atomic E-state index is 0.0889. The van der Waals surface area contributed by atoms with Crippen LogP contribution in [0.2, 0.25) is 0 Å². The highest BCUT2D eigenvalue weighted by atomic mass is 19.4. The van der Waals surface area contributed by atoms with Crippen molar-refractivity contribution in [2.24, 2.45) is 5.10 Å². The third-order valence-corrected chi connectivity index (χ3v) is 3.86. The number of alkyl halides is 6. The molecule has 2 heterocycles. The molecule has 11 heteroatoms. The number of hydrogen-bond donors (Lipinski definition) is 2. The Morgan fingerprint density at radius 1 is 1.12 bits per heavy atom. The molecular formula is C15H12F6N4O. The summed E-state index contributed by atoms with van der Waals surface area (Å²) in [5, 5.41) is 4.42.